The first-order valence-electron chi connectivity index (χ1n) is 11.9. The minimum Gasteiger partial charge on any atom is -0.365 e. The third kappa shape index (κ3) is 6.42. The third-order valence-corrected chi connectivity index (χ3v) is 7.48. The van der Waals surface area contributed by atoms with E-state index in [1.165, 1.54) is 24.3 Å². The Labute approximate surface area is 217 Å². The highest BCUT2D eigenvalue weighted by molar-refractivity contribution is 7.92. The molecule has 0 saturated heterocycles. The van der Waals surface area contributed by atoms with Gasteiger partial charge >= 0.3 is 0 Å². The van der Waals surface area contributed by atoms with E-state index in [0.29, 0.717) is 36.6 Å². The molecule has 1 aliphatic rings. The summed E-state index contributed by atoms with van der Waals surface area (Å²) < 4.78 is 25.2. The van der Waals surface area contributed by atoms with Crippen molar-refractivity contribution >= 4 is 39.2 Å². The molecular formula is C26H31N7O3S. The van der Waals surface area contributed by atoms with Crippen LogP contribution in [0, 0.1) is 12.8 Å². The molecule has 0 saturated carbocycles. The summed E-state index contributed by atoms with van der Waals surface area (Å²) in [5, 5.41) is 9.44. The van der Waals surface area contributed by atoms with E-state index in [4.69, 9.17) is 0 Å². The molecule has 0 bridgehead atoms. The standard InChI is InChI=1S/C26H31N7O3S/c1-5-23(34)28-15-18-11-19-8-9-22(13-21(19)12-18)31-26-30-14-17(2)24(32-26)29-16-20-7-6-10-27-25(20)33(3)37(4,35)36/h5-10,13-14,18H,1,11-12,15-16H2,2-4H3,(H,28,34)(H2,29,30,31,32)/t18-/m0/s1. The Balaban J connectivity index is 1.44. The van der Waals surface area contributed by atoms with E-state index in [9.17, 15) is 13.2 Å². The number of nitrogens with zero attached hydrogens (tertiary/aromatic N) is 4. The Morgan fingerprint density at radius 3 is 2.76 bits per heavy atom. The maximum Gasteiger partial charge on any atom is 0.243 e. The molecule has 10 nitrogen and oxygen atoms in total. The Morgan fingerprint density at radius 1 is 1.22 bits per heavy atom. The Bertz CT molecular complexity index is 1430. The maximum absolute atomic E-state index is 12.0. The van der Waals surface area contributed by atoms with Gasteiger partial charge in [0.15, 0.2) is 0 Å². The summed E-state index contributed by atoms with van der Waals surface area (Å²) in [6, 6.07) is 9.80. The number of carbonyl (C=O) groups is 1. The normalized spacial score (nSPS) is 14.5. The van der Waals surface area contributed by atoms with E-state index in [-0.39, 0.29) is 5.91 Å². The molecule has 3 aromatic rings. The quantitative estimate of drug-likeness (QED) is 0.347. The Morgan fingerprint density at radius 2 is 2.00 bits per heavy atom. The van der Waals surface area contributed by atoms with Crippen LogP contribution in [-0.4, -0.2) is 49.1 Å². The van der Waals surface area contributed by atoms with Gasteiger partial charge in [-0.05, 0) is 61.1 Å². The fourth-order valence-corrected chi connectivity index (χ4v) is 4.73. The minimum absolute atomic E-state index is 0.151. The molecule has 4 rings (SSSR count). The highest BCUT2D eigenvalue weighted by Gasteiger charge is 2.22. The van der Waals surface area contributed by atoms with Crippen molar-refractivity contribution in [3.05, 3.63) is 77.6 Å². The number of benzene rings is 1. The van der Waals surface area contributed by atoms with Gasteiger partial charge in [-0.2, -0.15) is 4.98 Å². The van der Waals surface area contributed by atoms with Gasteiger partial charge in [0.05, 0.1) is 6.26 Å². The lowest BCUT2D eigenvalue weighted by molar-refractivity contribution is -0.116. The molecule has 1 atom stereocenters. The number of hydrogen-bond acceptors (Lipinski definition) is 8. The molecule has 194 valence electrons. The van der Waals surface area contributed by atoms with Crippen LogP contribution in [0.4, 0.5) is 23.3 Å². The van der Waals surface area contributed by atoms with Crippen molar-refractivity contribution in [3.8, 4) is 0 Å². The molecule has 0 unspecified atom stereocenters. The van der Waals surface area contributed by atoms with Crippen LogP contribution in [0.1, 0.15) is 22.3 Å². The highest BCUT2D eigenvalue weighted by Crippen LogP contribution is 2.30. The maximum atomic E-state index is 12.0. The van der Waals surface area contributed by atoms with E-state index in [0.717, 1.165) is 40.2 Å². The number of rotatable bonds is 10. The van der Waals surface area contributed by atoms with E-state index in [2.05, 4.69) is 49.6 Å². The molecule has 1 aromatic carbocycles. The van der Waals surface area contributed by atoms with Crippen molar-refractivity contribution in [1.29, 1.82) is 0 Å². The molecule has 3 N–H and O–H groups in total. The second kappa shape index (κ2) is 11.0. The summed E-state index contributed by atoms with van der Waals surface area (Å²) in [4.78, 5) is 24.8. The molecule has 2 heterocycles. The van der Waals surface area contributed by atoms with Gasteiger partial charge in [-0.15, -0.1) is 0 Å². The fraction of sp³-hybridized carbons (Fsp3) is 0.308. The zero-order valence-electron chi connectivity index (χ0n) is 21.2. The molecule has 0 spiro atoms. The van der Waals surface area contributed by atoms with Gasteiger partial charge in [0.25, 0.3) is 0 Å². The van der Waals surface area contributed by atoms with Crippen molar-refractivity contribution in [2.75, 3.05) is 34.8 Å². The number of pyridine rings is 1. The predicted octanol–water partition coefficient (Wildman–Crippen LogP) is 2.95. The van der Waals surface area contributed by atoms with Crippen LogP contribution in [0.25, 0.3) is 0 Å². The van der Waals surface area contributed by atoms with Crippen molar-refractivity contribution in [3.63, 3.8) is 0 Å². The number of nitrogens with one attached hydrogen (secondary N) is 3. The zero-order chi connectivity index (χ0) is 26.6. The highest BCUT2D eigenvalue weighted by atomic mass is 32.2. The molecule has 0 fully saturated rings. The number of anilines is 4. The Hall–Kier alpha value is -3.99. The molecular weight excluding hydrogens is 490 g/mol. The van der Waals surface area contributed by atoms with Crippen molar-refractivity contribution in [2.24, 2.45) is 5.92 Å². The molecule has 1 aliphatic carbocycles. The second-order valence-electron chi connectivity index (χ2n) is 9.13. The molecule has 1 amide bonds. The number of fused-ring (bicyclic) bond motifs is 1. The van der Waals surface area contributed by atoms with Gasteiger partial charge in [-0.1, -0.05) is 18.7 Å². The molecule has 0 radical (unpaired) electrons. The predicted molar refractivity (Wildman–Crippen MR) is 145 cm³/mol. The van der Waals surface area contributed by atoms with Crippen LogP contribution >= 0.6 is 0 Å². The number of hydrogen-bond donors (Lipinski definition) is 3. The lowest BCUT2D eigenvalue weighted by Gasteiger charge is -2.19. The van der Waals surface area contributed by atoms with Crippen LogP contribution in [-0.2, 0) is 34.2 Å². The van der Waals surface area contributed by atoms with Gasteiger partial charge in [0.2, 0.25) is 21.9 Å². The zero-order valence-corrected chi connectivity index (χ0v) is 22.0. The lowest BCUT2D eigenvalue weighted by Crippen LogP contribution is -2.27. The van der Waals surface area contributed by atoms with E-state index in [1.54, 1.807) is 18.5 Å². The van der Waals surface area contributed by atoms with Crippen molar-refractivity contribution < 1.29 is 13.2 Å². The lowest BCUT2D eigenvalue weighted by atomic mass is 10.1. The fourth-order valence-electron chi connectivity index (χ4n) is 4.25. The van der Waals surface area contributed by atoms with E-state index < -0.39 is 10.0 Å². The van der Waals surface area contributed by atoms with Gasteiger partial charge in [-0.3, -0.25) is 9.10 Å². The van der Waals surface area contributed by atoms with E-state index in [1.807, 2.05) is 19.1 Å². The van der Waals surface area contributed by atoms with Crippen LogP contribution in [0.5, 0.6) is 0 Å². The first-order chi connectivity index (χ1) is 17.6. The molecule has 0 aliphatic heterocycles. The van der Waals surface area contributed by atoms with E-state index >= 15 is 0 Å². The average Bonchev–Trinajstić information content (AvgIpc) is 3.29. The van der Waals surface area contributed by atoms with Gasteiger partial charge < -0.3 is 16.0 Å². The molecule has 11 heteroatoms. The number of aromatic nitrogens is 3. The first kappa shape index (κ1) is 26.1. The largest absolute Gasteiger partial charge is 0.365 e. The Kier molecular flexibility index (Phi) is 7.72. The number of amides is 1. The summed E-state index contributed by atoms with van der Waals surface area (Å²) in [5.74, 6) is 1.65. The van der Waals surface area contributed by atoms with Gasteiger partial charge in [0.1, 0.15) is 11.6 Å². The van der Waals surface area contributed by atoms with Gasteiger partial charge in [-0.25, -0.2) is 18.4 Å². The topological polar surface area (TPSA) is 129 Å². The number of aryl methyl sites for hydroxylation is 1. The van der Waals surface area contributed by atoms with Crippen LogP contribution in [0.3, 0.4) is 0 Å². The van der Waals surface area contributed by atoms with Crippen molar-refractivity contribution in [2.45, 2.75) is 26.3 Å². The SMILES string of the molecule is C=CC(=O)NC[C@H]1Cc2ccc(Nc3ncc(C)c(NCc4cccnc4N(C)S(C)(=O)=O)n3)cc2C1. The summed E-state index contributed by atoms with van der Waals surface area (Å²) >= 11 is 0. The number of carbonyl (C=O) groups excluding carboxylic acids is 1. The number of sulfonamides is 1. The molecule has 37 heavy (non-hydrogen) atoms. The first-order valence-corrected chi connectivity index (χ1v) is 13.7. The smallest absolute Gasteiger partial charge is 0.243 e. The van der Waals surface area contributed by atoms with Crippen LogP contribution in [0.15, 0.2) is 55.4 Å². The monoisotopic (exact) mass is 521 g/mol. The average molecular weight is 522 g/mol. The van der Waals surface area contributed by atoms with Crippen molar-refractivity contribution in [1.82, 2.24) is 20.3 Å². The summed E-state index contributed by atoms with van der Waals surface area (Å²) in [6.45, 7) is 6.35. The summed E-state index contributed by atoms with van der Waals surface area (Å²) in [7, 11) is -1.96. The minimum atomic E-state index is -3.44. The van der Waals surface area contributed by atoms with Gasteiger partial charge in [0, 0.05) is 49.3 Å². The third-order valence-electron chi connectivity index (χ3n) is 6.31. The molecule has 2 aromatic heterocycles. The van der Waals surface area contributed by atoms with Crippen LogP contribution < -0.4 is 20.3 Å². The summed E-state index contributed by atoms with van der Waals surface area (Å²) in [6.07, 6.45) is 7.54. The summed E-state index contributed by atoms with van der Waals surface area (Å²) in [5.41, 5.74) is 4.98. The van der Waals surface area contributed by atoms with Crippen LogP contribution in [0.2, 0.25) is 0 Å². The second-order valence-corrected chi connectivity index (χ2v) is 11.1.